The van der Waals surface area contributed by atoms with Crippen molar-refractivity contribution in [3.05, 3.63) is 28.8 Å². The number of halogens is 2. The van der Waals surface area contributed by atoms with Crippen LogP contribution in [-0.2, 0) is 11.3 Å². The molecular weight excluding hydrogens is 311 g/mol. The molecule has 21 heavy (non-hydrogen) atoms. The van der Waals surface area contributed by atoms with Gasteiger partial charge < -0.3 is 15.8 Å². The predicted octanol–water partition coefficient (Wildman–Crippen LogP) is 3.15. The molecule has 0 atom stereocenters. The molecule has 1 rings (SSSR count). The maximum Gasteiger partial charge on any atom is 0.227 e. The van der Waals surface area contributed by atoms with E-state index in [-0.39, 0.29) is 18.3 Å². The van der Waals surface area contributed by atoms with E-state index in [9.17, 15) is 4.79 Å². The van der Waals surface area contributed by atoms with E-state index >= 15 is 0 Å². The van der Waals surface area contributed by atoms with Crippen molar-refractivity contribution in [2.45, 2.75) is 33.2 Å². The number of nitrogens with one attached hydrogen (secondary N) is 1. The van der Waals surface area contributed by atoms with E-state index in [0.717, 1.165) is 18.4 Å². The third-order valence-corrected chi connectivity index (χ3v) is 4.14. The summed E-state index contributed by atoms with van der Waals surface area (Å²) in [6.07, 6.45) is 1.44. The summed E-state index contributed by atoms with van der Waals surface area (Å²) < 4.78 is 5.26. The van der Waals surface area contributed by atoms with Crippen molar-refractivity contribution in [2.75, 3.05) is 13.7 Å². The van der Waals surface area contributed by atoms with Gasteiger partial charge >= 0.3 is 0 Å². The zero-order valence-electron chi connectivity index (χ0n) is 12.7. The standard InChI is InChI=1S/C15H23ClN2O2.ClH/c1-4-15(5-2,10-17)14(19)18-9-11-8-12(16)6-7-13(11)20-3;/h6-8H,4-5,9-10,17H2,1-3H3,(H,18,19);1H. The maximum absolute atomic E-state index is 12.4. The Hall–Kier alpha value is -0.970. The van der Waals surface area contributed by atoms with Crippen LogP contribution in [0.4, 0.5) is 0 Å². The van der Waals surface area contributed by atoms with Crippen molar-refractivity contribution in [1.29, 1.82) is 0 Å². The Morgan fingerprint density at radius 2 is 2.00 bits per heavy atom. The second kappa shape index (κ2) is 9.13. The number of hydrogen-bond acceptors (Lipinski definition) is 3. The van der Waals surface area contributed by atoms with Crippen LogP contribution in [0.5, 0.6) is 5.75 Å². The smallest absolute Gasteiger partial charge is 0.227 e. The Morgan fingerprint density at radius 3 is 2.48 bits per heavy atom. The Balaban J connectivity index is 0.00000400. The van der Waals surface area contributed by atoms with Gasteiger partial charge in [-0.1, -0.05) is 25.4 Å². The van der Waals surface area contributed by atoms with Gasteiger partial charge in [0, 0.05) is 23.7 Å². The van der Waals surface area contributed by atoms with Crippen LogP contribution in [0, 0.1) is 5.41 Å². The molecule has 0 aliphatic heterocycles. The van der Waals surface area contributed by atoms with Crippen molar-refractivity contribution in [1.82, 2.24) is 5.32 Å². The number of amides is 1. The summed E-state index contributed by atoms with van der Waals surface area (Å²) >= 11 is 5.97. The van der Waals surface area contributed by atoms with E-state index in [0.29, 0.717) is 23.9 Å². The van der Waals surface area contributed by atoms with Crippen LogP contribution in [0.15, 0.2) is 18.2 Å². The first-order chi connectivity index (χ1) is 9.52. The molecule has 0 fully saturated rings. The molecule has 0 aliphatic rings. The molecule has 0 radical (unpaired) electrons. The Kier molecular flexibility index (Phi) is 8.71. The molecule has 6 heteroatoms. The van der Waals surface area contributed by atoms with Gasteiger partial charge in [-0.3, -0.25) is 4.79 Å². The fourth-order valence-corrected chi connectivity index (χ4v) is 2.40. The van der Waals surface area contributed by atoms with Crippen molar-refractivity contribution < 1.29 is 9.53 Å². The number of benzene rings is 1. The number of hydrogen-bond donors (Lipinski definition) is 2. The fraction of sp³-hybridized carbons (Fsp3) is 0.533. The lowest BCUT2D eigenvalue weighted by atomic mass is 9.81. The molecule has 0 spiro atoms. The molecule has 0 bridgehead atoms. The summed E-state index contributed by atoms with van der Waals surface area (Å²) in [5, 5.41) is 3.55. The molecule has 0 aliphatic carbocycles. The van der Waals surface area contributed by atoms with Gasteiger partial charge in [-0.05, 0) is 31.0 Å². The van der Waals surface area contributed by atoms with Gasteiger partial charge in [0.2, 0.25) is 5.91 Å². The summed E-state index contributed by atoms with van der Waals surface area (Å²) in [6, 6.07) is 5.34. The highest BCUT2D eigenvalue weighted by Crippen LogP contribution is 2.26. The average molecular weight is 335 g/mol. The van der Waals surface area contributed by atoms with E-state index in [4.69, 9.17) is 22.1 Å². The maximum atomic E-state index is 12.4. The molecule has 4 nitrogen and oxygen atoms in total. The van der Waals surface area contributed by atoms with Gasteiger partial charge in [0.05, 0.1) is 12.5 Å². The van der Waals surface area contributed by atoms with Gasteiger partial charge in [-0.15, -0.1) is 12.4 Å². The summed E-state index contributed by atoms with van der Waals surface area (Å²) in [7, 11) is 1.59. The lowest BCUT2D eigenvalue weighted by Crippen LogP contribution is -2.45. The monoisotopic (exact) mass is 334 g/mol. The van der Waals surface area contributed by atoms with Crippen molar-refractivity contribution in [2.24, 2.45) is 11.1 Å². The molecule has 0 aromatic heterocycles. The van der Waals surface area contributed by atoms with Gasteiger partial charge in [0.15, 0.2) is 0 Å². The highest BCUT2D eigenvalue weighted by molar-refractivity contribution is 6.30. The van der Waals surface area contributed by atoms with E-state index in [2.05, 4.69) is 5.32 Å². The summed E-state index contributed by atoms with van der Waals surface area (Å²) in [4.78, 5) is 12.4. The normalized spacial score (nSPS) is 10.7. The van der Waals surface area contributed by atoms with Crippen molar-refractivity contribution in [3.8, 4) is 5.75 Å². The second-order valence-electron chi connectivity index (χ2n) is 4.83. The van der Waals surface area contributed by atoms with Crippen molar-refractivity contribution >= 4 is 29.9 Å². The number of nitrogens with two attached hydrogens (primary N) is 1. The van der Waals surface area contributed by atoms with Crippen LogP contribution in [-0.4, -0.2) is 19.6 Å². The molecule has 1 aromatic rings. The zero-order chi connectivity index (χ0) is 15.2. The SMILES string of the molecule is CCC(CC)(CN)C(=O)NCc1cc(Cl)ccc1OC.Cl. The minimum atomic E-state index is -0.494. The minimum absolute atomic E-state index is 0. The highest BCUT2D eigenvalue weighted by atomic mass is 35.5. The van der Waals surface area contributed by atoms with Crippen LogP contribution in [0.3, 0.4) is 0 Å². The quantitative estimate of drug-likeness (QED) is 0.804. The average Bonchev–Trinajstić information content (AvgIpc) is 2.47. The number of carbonyl (C=O) groups is 1. The lowest BCUT2D eigenvalue weighted by Gasteiger charge is -2.28. The van der Waals surface area contributed by atoms with Gasteiger partial charge in [-0.25, -0.2) is 0 Å². The number of rotatable bonds is 7. The lowest BCUT2D eigenvalue weighted by molar-refractivity contribution is -0.131. The summed E-state index contributed by atoms with van der Waals surface area (Å²) in [5.74, 6) is 0.688. The van der Waals surface area contributed by atoms with Crippen LogP contribution < -0.4 is 15.8 Å². The molecule has 0 heterocycles. The molecule has 0 unspecified atom stereocenters. The zero-order valence-corrected chi connectivity index (χ0v) is 14.3. The first-order valence-electron chi connectivity index (χ1n) is 6.83. The van der Waals surface area contributed by atoms with E-state index in [1.165, 1.54) is 0 Å². The second-order valence-corrected chi connectivity index (χ2v) is 5.27. The molecule has 3 N–H and O–H groups in total. The molecule has 1 aromatic carbocycles. The number of ether oxygens (including phenoxy) is 1. The van der Waals surface area contributed by atoms with Crippen LogP contribution in [0.25, 0.3) is 0 Å². The van der Waals surface area contributed by atoms with E-state index < -0.39 is 5.41 Å². The highest BCUT2D eigenvalue weighted by Gasteiger charge is 2.33. The Bertz CT molecular complexity index is 455. The Morgan fingerprint density at radius 1 is 1.38 bits per heavy atom. The molecule has 1 amide bonds. The largest absolute Gasteiger partial charge is 0.496 e. The number of carbonyl (C=O) groups excluding carboxylic acids is 1. The predicted molar refractivity (Wildman–Crippen MR) is 89.2 cm³/mol. The van der Waals surface area contributed by atoms with Crippen molar-refractivity contribution in [3.63, 3.8) is 0 Å². The first kappa shape index (κ1) is 20.0. The van der Waals surface area contributed by atoms with Gasteiger partial charge in [0.25, 0.3) is 0 Å². The summed E-state index contributed by atoms with van der Waals surface area (Å²) in [5.41, 5.74) is 6.13. The fourth-order valence-electron chi connectivity index (χ4n) is 2.20. The molecule has 0 saturated carbocycles. The topological polar surface area (TPSA) is 64.4 Å². The molecule has 120 valence electrons. The Labute approximate surface area is 137 Å². The van der Waals surface area contributed by atoms with E-state index in [1.807, 2.05) is 13.8 Å². The molecule has 0 saturated heterocycles. The van der Waals surface area contributed by atoms with E-state index in [1.54, 1.807) is 25.3 Å². The molecular formula is C15H24Cl2N2O2. The number of methoxy groups -OCH3 is 1. The van der Waals surface area contributed by atoms with Gasteiger partial charge in [0.1, 0.15) is 5.75 Å². The van der Waals surface area contributed by atoms with Crippen LogP contribution in [0.1, 0.15) is 32.3 Å². The summed E-state index contributed by atoms with van der Waals surface area (Å²) in [6.45, 7) is 4.69. The third-order valence-electron chi connectivity index (χ3n) is 3.91. The van der Waals surface area contributed by atoms with Crippen LogP contribution in [0.2, 0.25) is 5.02 Å². The third kappa shape index (κ3) is 4.77. The minimum Gasteiger partial charge on any atom is -0.496 e. The first-order valence-corrected chi connectivity index (χ1v) is 7.21. The van der Waals surface area contributed by atoms with Gasteiger partial charge in [-0.2, -0.15) is 0 Å². The van der Waals surface area contributed by atoms with Crippen LogP contribution >= 0.6 is 24.0 Å².